The number of hydrogen-bond acceptors (Lipinski definition) is 0. The third kappa shape index (κ3) is 83.4. The molecular formula is C5H10Si. The molecule has 0 spiro atoms. The summed E-state index contributed by atoms with van der Waals surface area (Å²) in [5, 5.41) is 0. The van der Waals surface area contributed by atoms with E-state index in [9.17, 15) is 0 Å². The van der Waals surface area contributed by atoms with E-state index in [1.165, 1.54) is 16.3 Å². The van der Waals surface area contributed by atoms with Gasteiger partial charge in [-0.05, 0) is 6.04 Å². The first-order valence-corrected chi connectivity index (χ1v) is 3.27. The minimum atomic E-state index is 1.22. The molecule has 0 radical (unpaired) electrons. The Morgan fingerprint density at radius 2 is 1.83 bits per heavy atom. The highest BCUT2D eigenvalue weighted by Gasteiger charge is 1.46. The first-order valence-electron chi connectivity index (χ1n) is 1.86. The highest BCUT2D eigenvalue weighted by atomic mass is 28.1. The van der Waals surface area contributed by atoms with Crippen LogP contribution in [-0.4, -0.2) is 10.2 Å². The maximum Gasteiger partial charge on any atom is 0.00753 e. The zero-order valence-corrected chi connectivity index (χ0v) is 6.15. The van der Waals surface area contributed by atoms with Crippen LogP contribution in [-0.2, 0) is 0 Å². The molecule has 1 heteroatoms. The Kier molecular flexibility index (Phi) is 36.8. The quantitative estimate of drug-likeness (QED) is 0.250. The Morgan fingerprint density at radius 3 is 1.83 bits per heavy atom. The molecule has 0 saturated heterocycles. The first kappa shape index (κ1) is 9.10. The molecule has 0 amide bonds. The van der Waals surface area contributed by atoms with Crippen LogP contribution >= 0.6 is 0 Å². The Morgan fingerprint density at radius 1 is 1.67 bits per heavy atom. The largest absolute Gasteiger partial charge is 0.124 e. The summed E-state index contributed by atoms with van der Waals surface area (Å²) < 4.78 is 0. The van der Waals surface area contributed by atoms with Gasteiger partial charge in [0.2, 0.25) is 0 Å². The Bertz CT molecular complexity index is 36.4. The summed E-state index contributed by atoms with van der Waals surface area (Å²) in [7, 11) is 1.27. The molecule has 0 aliphatic heterocycles. The molecule has 0 bridgehead atoms. The molecular weight excluding hydrogens is 88.1 g/mol. The Hall–Kier alpha value is -0.483. The van der Waals surface area contributed by atoms with E-state index in [4.69, 9.17) is 0 Å². The summed E-state index contributed by atoms with van der Waals surface area (Å²) in [6.07, 6.45) is 9.94. The van der Waals surface area contributed by atoms with E-state index in [2.05, 4.69) is 19.4 Å². The van der Waals surface area contributed by atoms with Crippen LogP contribution in [0.5, 0.6) is 0 Å². The minimum absolute atomic E-state index is 1.22. The van der Waals surface area contributed by atoms with Crippen LogP contribution in [0.3, 0.4) is 0 Å². The van der Waals surface area contributed by atoms with Crippen molar-refractivity contribution in [3.05, 3.63) is 12.7 Å². The highest BCUT2D eigenvalue weighted by molar-refractivity contribution is 6.09. The van der Waals surface area contributed by atoms with Crippen LogP contribution in [0.1, 0.15) is 0 Å². The second-order valence-corrected chi connectivity index (χ2v) is 1.51. The normalized spacial score (nSPS) is 5.00. The lowest BCUT2D eigenvalue weighted by Gasteiger charge is -1.57. The van der Waals surface area contributed by atoms with Crippen LogP contribution in [0.4, 0.5) is 0 Å². The predicted molar refractivity (Wildman–Crippen MR) is 34.8 cm³/mol. The number of terminal acetylenes is 1. The van der Waals surface area contributed by atoms with Crippen molar-refractivity contribution < 1.29 is 0 Å². The fourth-order valence-corrected chi connectivity index (χ4v) is 0. The fraction of sp³-hybridized carbons (Fsp3) is 0.200. The van der Waals surface area contributed by atoms with Crippen LogP contribution in [0, 0.1) is 12.8 Å². The van der Waals surface area contributed by atoms with E-state index in [1.54, 1.807) is 0 Å². The van der Waals surface area contributed by atoms with Crippen molar-refractivity contribution in [2.45, 2.75) is 6.04 Å². The summed E-state index contributed by atoms with van der Waals surface area (Å²) in [6, 6.07) is 1.22. The van der Waals surface area contributed by atoms with Gasteiger partial charge in [-0.3, -0.25) is 0 Å². The lowest BCUT2D eigenvalue weighted by atomic mass is 10.8. The minimum Gasteiger partial charge on any atom is -0.124 e. The third-order valence-electron chi connectivity index (χ3n) is 0.289. The Balaban J connectivity index is 0. The molecule has 6 heavy (non-hydrogen) atoms. The lowest BCUT2D eigenvalue weighted by molar-refractivity contribution is 1.76. The number of hydrogen-bond donors (Lipinski definition) is 0. The zero-order valence-electron chi connectivity index (χ0n) is 4.15. The Labute approximate surface area is 42.7 Å². The summed E-state index contributed by atoms with van der Waals surface area (Å²) in [5.41, 5.74) is 0. The molecule has 0 unspecified atom stereocenters. The molecule has 0 aromatic carbocycles. The van der Waals surface area contributed by atoms with Crippen molar-refractivity contribution in [3.8, 4) is 12.8 Å². The fourth-order valence-electron chi connectivity index (χ4n) is 0. The SMILES string of the molecule is C#C.C=CC[SiH3]. The maximum atomic E-state index is 4.00. The van der Waals surface area contributed by atoms with Crippen LogP contribution in [0.15, 0.2) is 12.7 Å². The van der Waals surface area contributed by atoms with E-state index >= 15 is 0 Å². The van der Waals surface area contributed by atoms with E-state index < -0.39 is 0 Å². The van der Waals surface area contributed by atoms with Gasteiger partial charge in [0, 0.05) is 10.2 Å². The van der Waals surface area contributed by atoms with E-state index in [0.29, 0.717) is 0 Å². The molecule has 0 aromatic rings. The average Bonchev–Trinajstić information content (AvgIpc) is 1.72. The van der Waals surface area contributed by atoms with Gasteiger partial charge in [0.15, 0.2) is 0 Å². The van der Waals surface area contributed by atoms with Gasteiger partial charge in [0.1, 0.15) is 0 Å². The van der Waals surface area contributed by atoms with Gasteiger partial charge in [-0.15, -0.1) is 19.4 Å². The average molecular weight is 98.2 g/mol. The van der Waals surface area contributed by atoms with Gasteiger partial charge in [0.25, 0.3) is 0 Å². The standard InChI is InChI=1S/C3H8Si.C2H2/c1-2-3-4;1-2/h2H,1,3H2,4H3;1-2H. The van der Waals surface area contributed by atoms with Gasteiger partial charge >= 0.3 is 0 Å². The van der Waals surface area contributed by atoms with Crippen molar-refractivity contribution in [1.29, 1.82) is 0 Å². The molecule has 34 valence electrons. The molecule has 0 nitrogen and oxygen atoms in total. The van der Waals surface area contributed by atoms with Gasteiger partial charge < -0.3 is 0 Å². The van der Waals surface area contributed by atoms with Crippen LogP contribution < -0.4 is 0 Å². The predicted octanol–water partition coefficient (Wildman–Crippen LogP) is 0.205. The van der Waals surface area contributed by atoms with Gasteiger partial charge in [-0.1, -0.05) is 6.08 Å². The maximum absolute atomic E-state index is 4.00. The van der Waals surface area contributed by atoms with Crippen LogP contribution in [0.2, 0.25) is 6.04 Å². The summed E-state index contributed by atoms with van der Waals surface area (Å²) >= 11 is 0. The summed E-state index contributed by atoms with van der Waals surface area (Å²) in [4.78, 5) is 0. The summed E-state index contributed by atoms with van der Waals surface area (Å²) in [5.74, 6) is 0. The third-order valence-corrected chi connectivity index (χ3v) is 0.866. The monoisotopic (exact) mass is 98.1 g/mol. The number of allylic oxidation sites excluding steroid dienone is 1. The van der Waals surface area contributed by atoms with E-state index in [0.717, 1.165) is 0 Å². The second kappa shape index (κ2) is 24.3. The van der Waals surface area contributed by atoms with Gasteiger partial charge in [-0.2, -0.15) is 0 Å². The van der Waals surface area contributed by atoms with Crippen LogP contribution in [0.25, 0.3) is 0 Å². The smallest absolute Gasteiger partial charge is 0.00753 e. The van der Waals surface area contributed by atoms with E-state index in [1.807, 2.05) is 6.08 Å². The zero-order chi connectivity index (χ0) is 5.41. The topological polar surface area (TPSA) is 0 Å². The molecule has 0 heterocycles. The van der Waals surface area contributed by atoms with Crippen molar-refractivity contribution in [3.63, 3.8) is 0 Å². The summed E-state index contributed by atoms with van der Waals surface area (Å²) in [6.45, 7) is 3.51. The molecule has 0 saturated carbocycles. The molecule has 0 rings (SSSR count). The lowest BCUT2D eigenvalue weighted by Crippen LogP contribution is -1.47. The van der Waals surface area contributed by atoms with Crippen molar-refractivity contribution in [1.82, 2.24) is 0 Å². The highest BCUT2D eigenvalue weighted by Crippen LogP contribution is 1.61. The van der Waals surface area contributed by atoms with Crippen molar-refractivity contribution in [2.75, 3.05) is 0 Å². The molecule has 0 aliphatic carbocycles. The van der Waals surface area contributed by atoms with Crippen molar-refractivity contribution >= 4 is 10.2 Å². The number of rotatable bonds is 1. The molecule has 0 N–H and O–H groups in total. The van der Waals surface area contributed by atoms with Crippen molar-refractivity contribution in [2.24, 2.45) is 0 Å². The molecule has 0 atom stereocenters. The van der Waals surface area contributed by atoms with Gasteiger partial charge in [0.05, 0.1) is 0 Å². The first-order chi connectivity index (χ1) is 2.91. The molecule has 0 aromatic heterocycles. The van der Waals surface area contributed by atoms with E-state index in [-0.39, 0.29) is 0 Å². The molecule has 0 fully saturated rings. The van der Waals surface area contributed by atoms with Gasteiger partial charge in [-0.25, -0.2) is 0 Å². The second-order valence-electron chi connectivity index (χ2n) is 0.697. The molecule has 0 aliphatic rings.